The van der Waals surface area contributed by atoms with E-state index in [2.05, 4.69) is 35.1 Å². The van der Waals surface area contributed by atoms with Gasteiger partial charge >= 0.3 is 0 Å². The summed E-state index contributed by atoms with van der Waals surface area (Å²) in [6.07, 6.45) is 0. The number of hydrogen-bond donors (Lipinski definition) is 1. The average Bonchev–Trinajstić information content (AvgIpc) is 2.34. The number of nitrogens with one attached hydrogen (secondary N) is 1. The molecule has 1 aromatic rings. The molecule has 100 valence electrons. The van der Waals surface area contributed by atoms with Gasteiger partial charge in [0.1, 0.15) is 11.6 Å². The molecule has 1 saturated heterocycles. The van der Waals surface area contributed by atoms with E-state index in [0.717, 1.165) is 25.7 Å². The second-order valence-electron chi connectivity index (χ2n) is 4.93. The van der Waals surface area contributed by atoms with Crippen LogP contribution in [-0.2, 0) is 0 Å². The van der Waals surface area contributed by atoms with E-state index in [1.807, 2.05) is 4.90 Å². The minimum Gasteiger partial charge on any atom is -0.363 e. The molecule has 0 saturated carbocycles. The third kappa shape index (κ3) is 2.67. The lowest BCUT2D eigenvalue weighted by atomic mass is 9.99. The molecule has 1 fully saturated rings. The van der Waals surface area contributed by atoms with E-state index < -0.39 is 11.6 Å². The van der Waals surface area contributed by atoms with Crippen molar-refractivity contribution in [2.45, 2.75) is 19.9 Å². The quantitative estimate of drug-likeness (QED) is 0.843. The summed E-state index contributed by atoms with van der Waals surface area (Å²) in [5.74, 6) is -0.656. The third-order valence-electron chi connectivity index (χ3n) is 3.35. The normalized spacial score (nSPS) is 20.6. The van der Waals surface area contributed by atoms with Crippen molar-refractivity contribution in [1.29, 1.82) is 0 Å². The highest BCUT2D eigenvalue weighted by Crippen LogP contribution is 2.30. The fourth-order valence-electron chi connectivity index (χ4n) is 2.35. The molecule has 1 heterocycles. The van der Waals surface area contributed by atoms with Gasteiger partial charge in [-0.05, 0) is 27.9 Å². The van der Waals surface area contributed by atoms with E-state index in [0.29, 0.717) is 16.1 Å². The minimum absolute atomic E-state index is 0.227. The first-order chi connectivity index (χ1) is 8.50. The molecule has 0 bridgehead atoms. The Bertz CT molecular complexity index is 437. The third-order valence-corrected chi connectivity index (χ3v) is 3.96. The first kappa shape index (κ1) is 13.7. The summed E-state index contributed by atoms with van der Waals surface area (Å²) >= 11 is 3.12. The van der Waals surface area contributed by atoms with Crippen LogP contribution >= 0.6 is 15.9 Å². The maximum Gasteiger partial charge on any atom is 0.149 e. The van der Waals surface area contributed by atoms with Gasteiger partial charge in [-0.2, -0.15) is 0 Å². The van der Waals surface area contributed by atoms with Gasteiger partial charge in [0.05, 0.1) is 10.2 Å². The monoisotopic (exact) mass is 318 g/mol. The molecule has 1 N–H and O–H groups in total. The zero-order valence-corrected chi connectivity index (χ0v) is 12.1. The Labute approximate surface area is 114 Å². The predicted molar refractivity (Wildman–Crippen MR) is 72.9 cm³/mol. The second kappa shape index (κ2) is 5.53. The minimum atomic E-state index is -0.563. The van der Waals surface area contributed by atoms with Crippen LogP contribution in [0.15, 0.2) is 16.6 Å². The summed E-state index contributed by atoms with van der Waals surface area (Å²) in [5, 5.41) is 3.31. The molecule has 1 aliphatic heterocycles. The summed E-state index contributed by atoms with van der Waals surface area (Å²) in [4.78, 5) is 2.03. The van der Waals surface area contributed by atoms with E-state index in [4.69, 9.17) is 0 Å². The van der Waals surface area contributed by atoms with Gasteiger partial charge < -0.3 is 10.2 Å². The summed E-state index contributed by atoms with van der Waals surface area (Å²) in [5.41, 5.74) is 0.475. The highest BCUT2D eigenvalue weighted by molar-refractivity contribution is 9.10. The number of nitrogens with zero attached hydrogens (tertiary/aromatic N) is 1. The van der Waals surface area contributed by atoms with E-state index in [1.165, 1.54) is 6.07 Å². The van der Waals surface area contributed by atoms with Crippen molar-refractivity contribution in [3.63, 3.8) is 0 Å². The van der Waals surface area contributed by atoms with Crippen LogP contribution in [0.1, 0.15) is 13.8 Å². The predicted octanol–water partition coefficient (Wildman–Crippen LogP) is 3.16. The van der Waals surface area contributed by atoms with Crippen molar-refractivity contribution >= 4 is 21.6 Å². The van der Waals surface area contributed by atoms with Crippen molar-refractivity contribution in [3.05, 3.63) is 28.2 Å². The topological polar surface area (TPSA) is 15.3 Å². The molecule has 2 rings (SSSR count). The van der Waals surface area contributed by atoms with Crippen LogP contribution in [0.5, 0.6) is 0 Å². The zero-order chi connectivity index (χ0) is 13.3. The number of benzene rings is 1. The molecule has 0 radical (unpaired) electrons. The van der Waals surface area contributed by atoms with Crippen molar-refractivity contribution in [3.8, 4) is 0 Å². The van der Waals surface area contributed by atoms with Crippen molar-refractivity contribution in [1.82, 2.24) is 5.32 Å². The van der Waals surface area contributed by atoms with Gasteiger partial charge in [-0.25, -0.2) is 8.78 Å². The number of halogens is 3. The second-order valence-corrected chi connectivity index (χ2v) is 5.78. The van der Waals surface area contributed by atoms with Gasteiger partial charge in [0, 0.05) is 31.7 Å². The van der Waals surface area contributed by atoms with Gasteiger partial charge in [0.2, 0.25) is 0 Å². The molecule has 1 aromatic carbocycles. The first-order valence-corrected chi connectivity index (χ1v) is 6.92. The first-order valence-electron chi connectivity index (χ1n) is 6.12. The smallest absolute Gasteiger partial charge is 0.149 e. The highest BCUT2D eigenvalue weighted by atomic mass is 79.9. The van der Waals surface area contributed by atoms with Crippen molar-refractivity contribution in [2.24, 2.45) is 5.92 Å². The number of anilines is 1. The molecule has 0 amide bonds. The van der Waals surface area contributed by atoms with Crippen molar-refractivity contribution in [2.75, 3.05) is 24.5 Å². The summed E-state index contributed by atoms with van der Waals surface area (Å²) < 4.78 is 27.5. The van der Waals surface area contributed by atoms with Crippen LogP contribution in [0.4, 0.5) is 14.5 Å². The van der Waals surface area contributed by atoms with E-state index >= 15 is 0 Å². The van der Waals surface area contributed by atoms with Gasteiger partial charge in [-0.1, -0.05) is 13.8 Å². The molecular formula is C13H17BrF2N2. The molecule has 0 aliphatic carbocycles. The van der Waals surface area contributed by atoms with E-state index in [-0.39, 0.29) is 6.04 Å². The lowest BCUT2D eigenvalue weighted by molar-refractivity contribution is 0.386. The molecule has 1 atom stereocenters. The zero-order valence-electron chi connectivity index (χ0n) is 10.5. The average molecular weight is 319 g/mol. The van der Waals surface area contributed by atoms with Gasteiger partial charge in [0.25, 0.3) is 0 Å². The summed E-state index contributed by atoms with van der Waals surface area (Å²) in [7, 11) is 0. The van der Waals surface area contributed by atoms with Crippen LogP contribution in [-0.4, -0.2) is 25.7 Å². The molecule has 5 heteroatoms. The number of hydrogen-bond acceptors (Lipinski definition) is 2. The van der Waals surface area contributed by atoms with Crippen LogP contribution in [0.25, 0.3) is 0 Å². The Kier molecular flexibility index (Phi) is 4.22. The van der Waals surface area contributed by atoms with E-state index in [9.17, 15) is 8.78 Å². The summed E-state index contributed by atoms with van der Waals surface area (Å²) in [6.45, 7) is 6.60. The SMILES string of the molecule is CC(C)C1CNCCN1c1cc(Br)c(F)cc1F. The van der Waals surface area contributed by atoms with Crippen molar-refractivity contribution < 1.29 is 8.78 Å². The van der Waals surface area contributed by atoms with Gasteiger partial charge in [0.15, 0.2) is 0 Å². The largest absolute Gasteiger partial charge is 0.363 e. The molecule has 1 aliphatic rings. The highest BCUT2D eigenvalue weighted by Gasteiger charge is 2.27. The molecule has 0 spiro atoms. The lowest BCUT2D eigenvalue weighted by Gasteiger charge is -2.40. The Morgan fingerprint density at radius 2 is 2.06 bits per heavy atom. The Hall–Kier alpha value is -0.680. The van der Waals surface area contributed by atoms with Gasteiger partial charge in [-0.3, -0.25) is 0 Å². The Balaban J connectivity index is 2.36. The van der Waals surface area contributed by atoms with E-state index in [1.54, 1.807) is 0 Å². The molecule has 18 heavy (non-hydrogen) atoms. The number of piperazine rings is 1. The summed E-state index contributed by atoms with van der Waals surface area (Å²) in [6, 6.07) is 2.70. The Morgan fingerprint density at radius 3 is 2.72 bits per heavy atom. The Morgan fingerprint density at radius 1 is 1.33 bits per heavy atom. The maximum atomic E-state index is 13.9. The molecule has 0 aromatic heterocycles. The lowest BCUT2D eigenvalue weighted by Crippen LogP contribution is -2.54. The fourth-order valence-corrected chi connectivity index (χ4v) is 2.68. The van der Waals surface area contributed by atoms with Crippen LogP contribution in [0.3, 0.4) is 0 Å². The maximum absolute atomic E-state index is 13.9. The van der Waals surface area contributed by atoms with Crippen LogP contribution < -0.4 is 10.2 Å². The molecule has 1 unspecified atom stereocenters. The van der Waals surface area contributed by atoms with Gasteiger partial charge in [-0.15, -0.1) is 0 Å². The molecular weight excluding hydrogens is 302 g/mol. The van der Waals surface area contributed by atoms with Crippen LogP contribution in [0, 0.1) is 17.6 Å². The fraction of sp³-hybridized carbons (Fsp3) is 0.538. The number of rotatable bonds is 2. The standard InChI is InChI=1S/C13H17BrF2N2/c1-8(2)13-7-17-3-4-18(13)12-5-9(14)10(15)6-11(12)16/h5-6,8,13,17H,3-4,7H2,1-2H3. The van der Waals surface area contributed by atoms with Crippen LogP contribution in [0.2, 0.25) is 0 Å². The molecule has 2 nitrogen and oxygen atoms in total.